The van der Waals surface area contributed by atoms with Crippen LogP contribution in [0.5, 0.6) is 17.2 Å². The molecule has 0 unspecified atom stereocenters. The molecule has 0 bridgehead atoms. The van der Waals surface area contributed by atoms with Crippen molar-refractivity contribution in [3.05, 3.63) is 64.5 Å². The van der Waals surface area contributed by atoms with Gasteiger partial charge in [0.15, 0.2) is 18.0 Å². The number of esters is 5. The first kappa shape index (κ1) is 32.5. The number of carbonyl (C=O) groups excluding carboxylic acids is 5. The van der Waals surface area contributed by atoms with Crippen LogP contribution in [0.15, 0.2) is 57.7 Å². The third kappa shape index (κ3) is 7.94. The van der Waals surface area contributed by atoms with Gasteiger partial charge >= 0.3 is 35.5 Å². The van der Waals surface area contributed by atoms with Crippen molar-refractivity contribution in [1.82, 2.24) is 0 Å². The molecule has 1 N–H and O–H groups in total. The van der Waals surface area contributed by atoms with Crippen molar-refractivity contribution < 1.29 is 66.7 Å². The lowest BCUT2D eigenvalue weighted by Crippen LogP contribution is -2.63. The van der Waals surface area contributed by atoms with E-state index in [0.29, 0.717) is 0 Å². The van der Waals surface area contributed by atoms with Gasteiger partial charge in [0.2, 0.25) is 12.4 Å². The summed E-state index contributed by atoms with van der Waals surface area (Å²) in [5, 5.41) is 10.7. The Morgan fingerprint density at radius 2 is 1.42 bits per heavy atom. The van der Waals surface area contributed by atoms with Crippen LogP contribution in [0, 0.1) is 0 Å². The van der Waals surface area contributed by atoms with E-state index in [4.69, 9.17) is 37.6 Å². The highest BCUT2D eigenvalue weighted by Gasteiger charge is 2.53. The van der Waals surface area contributed by atoms with Crippen LogP contribution in [0.2, 0.25) is 0 Å². The van der Waals surface area contributed by atoms with E-state index in [1.807, 2.05) is 0 Å². The average molecular weight is 629 g/mol. The minimum absolute atomic E-state index is 0.0284. The second-order valence-corrected chi connectivity index (χ2v) is 9.67. The monoisotopic (exact) mass is 628 g/mol. The molecule has 45 heavy (non-hydrogen) atoms. The number of hydrogen-bond donors (Lipinski definition) is 1. The van der Waals surface area contributed by atoms with E-state index in [1.165, 1.54) is 30.3 Å². The predicted octanol–water partition coefficient (Wildman–Crippen LogP) is 2.18. The summed E-state index contributed by atoms with van der Waals surface area (Å²) in [5.74, 6) is -5.51. The van der Waals surface area contributed by atoms with Crippen LogP contribution in [0.1, 0.15) is 38.1 Å². The van der Waals surface area contributed by atoms with E-state index in [9.17, 15) is 33.9 Å². The van der Waals surface area contributed by atoms with Crippen molar-refractivity contribution in [2.45, 2.75) is 58.4 Å². The zero-order valence-electron chi connectivity index (χ0n) is 24.4. The summed E-state index contributed by atoms with van der Waals surface area (Å²) in [7, 11) is 0. The summed E-state index contributed by atoms with van der Waals surface area (Å²) in [6, 6.07) is 11.6. The molecule has 0 saturated carbocycles. The SMILES string of the molecule is CC(=O)OC[C@H]1O[C@H](Oc2ccc3c(O)c(OC(=O)c4ccccc4)c(=O)oc3c2)[C@@H](OC(C)=O)[C@@H](OC(C)=O)[C@@H]1OC(C)=O. The maximum absolute atomic E-state index is 12.7. The largest absolute Gasteiger partial charge is 0.504 e. The standard InChI is InChI=1S/C30H28O15/c1-14(31)38-13-22-24(39-15(2)32)26(40-16(3)33)27(41-17(4)34)30(44-22)42-19-10-11-20-21(12-19)43-29(37)25(23(20)35)45-28(36)18-8-6-5-7-9-18/h5-12,22,24,26-27,30,35H,13H2,1-4H3/t22-,24-,26+,27+,30+/m1/s1. The predicted molar refractivity (Wildman–Crippen MR) is 148 cm³/mol. The molecule has 0 spiro atoms. The van der Waals surface area contributed by atoms with Crippen LogP contribution in [-0.2, 0) is 42.9 Å². The fraction of sp³-hybridized carbons (Fsp3) is 0.333. The van der Waals surface area contributed by atoms with Crippen molar-refractivity contribution in [2.75, 3.05) is 6.61 Å². The fourth-order valence-corrected chi connectivity index (χ4v) is 4.45. The summed E-state index contributed by atoms with van der Waals surface area (Å²) in [6.45, 7) is 3.90. The topological polar surface area (TPSA) is 200 Å². The third-order valence-electron chi connectivity index (χ3n) is 6.22. The van der Waals surface area contributed by atoms with Crippen molar-refractivity contribution in [2.24, 2.45) is 0 Å². The lowest BCUT2D eigenvalue weighted by atomic mass is 9.98. The number of fused-ring (bicyclic) bond motifs is 1. The van der Waals surface area contributed by atoms with Crippen LogP contribution in [0.25, 0.3) is 11.0 Å². The quantitative estimate of drug-likeness (QED) is 0.205. The van der Waals surface area contributed by atoms with Gasteiger partial charge in [0.25, 0.3) is 5.75 Å². The number of hydrogen-bond acceptors (Lipinski definition) is 15. The maximum Gasteiger partial charge on any atom is 0.383 e. The van der Waals surface area contributed by atoms with Crippen molar-refractivity contribution in [1.29, 1.82) is 0 Å². The Hall–Kier alpha value is -5.44. The summed E-state index contributed by atoms with van der Waals surface area (Å²) < 4.78 is 43.3. The molecule has 0 radical (unpaired) electrons. The molecule has 2 heterocycles. The van der Waals surface area contributed by atoms with Gasteiger partial charge in [-0.3, -0.25) is 19.2 Å². The van der Waals surface area contributed by atoms with E-state index < -0.39 is 84.3 Å². The van der Waals surface area contributed by atoms with E-state index in [2.05, 4.69) is 0 Å². The number of benzene rings is 2. The Morgan fingerprint density at radius 3 is 2.04 bits per heavy atom. The molecule has 3 aromatic rings. The maximum atomic E-state index is 12.7. The van der Waals surface area contributed by atoms with E-state index >= 15 is 0 Å². The fourth-order valence-electron chi connectivity index (χ4n) is 4.45. The van der Waals surface area contributed by atoms with Gasteiger partial charge in [0.05, 0.1) is 10.9 Å². The molecule has 1 aliphatic heterocycles. The highest BCUT2D eigenvalue weighted by atomic mass is 16.7. The number of carbonyl (C=O) groups is 5. The zero-order valence-corrected chi connectivity index (χ0v) is 24.4. The van der Waals surface area contributed by atoms with Gasteiger partial charge in [-0.05, 0) is 24.3 Å². The number of ether oxygens (including phenoxy) is 7. The molecule has 2 aromatic carbocycles. The van der Waals surface area contributed by atoms with Crippen LogP contribution in [-0.4, -0.2) is 72.3 Å². The molecule has 1 fully saturated rings. The van der Waals surface area contributed by atoms with Crippen LogP contribution in [0.4, 0.5) is 0 Å². The third-order valence-corrected chi connectivity index (χ3v) is 6.22. The first-order chi connectivity index (χ1) is 21.3. The molecule has 15 nitrogen and oxygen atoms in total. The lowest BCUT2D eigenvalue weighted by molar-refractivity contribution is -0.288. The van der Waals surface area contributed by atoms with Gasteiger partial charge in [0, 0.05) is 33.8 Å². The molecule has 238 valence electrons. The molecule has 1 aliphatic rings. The van der Waals surface area contributed by atoms with Crippen LogP contribution >= 0.6 is 0 Å². The van der Waals surface area contributed by atoms with Crippen molar-refractivity contribution in [3.8, 4) is 17.2 Å². The Morgan fingerprint density at radius 1 is 0.800 bits per heavy atom. The minimum Gasteiger partial charge on any atom is -0.504 e. The average Bonchev–Trinajstić information content (AvgIpc) is 2.96. The van der Waals surface area contributed by atoms with Crippen molar-refractivity contribution >= 4 is 40.8 Å². The second kappa shape index (κ2) is 13.9. The van der Waals surface area contributed by atoms with Gasteiger partial charge < -0.3 is 42.7 Å². The Balaban J connectivity index is 1.68. The minimum atomic E-state index is -1.56. The van der Waals surface area contributed by atoms with E-state index in [1.54, 1.807) is 18.2 Å². The summed E-state index contributed by atoms with van der Waals surface area (Å²) in [5.41, 5.74) is -1.24. The van der Waals surface area contributed by atoms with Gasteiger partial charge in [-0.25, -0.2) is 9.59 Å². The molecule has 0 aliphatic carbocycles. The number of aromatic hydroxyl groups is 1. The molecular weight excluding hydrogens is 600 g/mol. The Kier molecular flexibility index (Phi) is 10.0. The molecular formula is C30H28O15. The van der Waals surface area contributed by atoms with Gasteiger partial charge in [-0.15, -0.1) is 0 Å². The Labute approximate surface area is 254 Å². The Bertz CT molecular complexity index is 1660. The van der Waals surface area contributed by atoms with Gasteiger partial charge in [-0.1, -0.05) is 18.2 Å². The molecule has 1 saturated heterocycles. The first-order valence-electron chi connectivity index (χ1n) is 13.4. The molecule has 5 atom stereocenters. The molecule has 0 amide bonds. The molecule has 1 aromatic heterocycles. The highest BCUT2D eigenvalue weighted by Crippen LogP contribution is 2.36. The van der Waals surface area contributed by atoms with Crippen LogP contribution in [0.3, 0.4) is 0 Å². The second-order valence-electron chi connectivity index (χ2n) is 9.67. The molecule has 4 rings (SSSR count). The van der Waals surface area contributed by atoms with Crippen LogP contribution < -0.4 is 15.1 Å². The van der Waals surface area contributed by atoms with E-state index in [-0.39, 0.29) is 22.3 Å². The zero-order chi connectivity index (χ0) is 32.8. The normalized spacial score (nSPS) is 20.8. The van der Waals surface area contributed by atoms with Gasteiger partial charge in [0.1, 0.15) is 24.0 Å². The number of rotatable bonds is 9. The van der Waals surface area contributed by atoms with E-state index in [0.717, 1.165) is 27.7 Å². The lowest BCUT2D eigenvalue weighted by Gasteiger charge is -2.43. The smallest absolute Gasteiger partial charge is 0.383 e. The summed E-state index contributed by atoms with van der Waals surface area (Å²) >= 11 is 0. The summed E-state index contributed by atoms with van der Waals surface area (Å²) in [4.78, 5) is 72.7. The summed E-state index contributed by atoms with van der Waals surface area (Å²) in [6.07, 6.45) is -7.20. The van der Waals surface area contributed by atoms with Gasteiger partial charge in [-0.2, -0.15) is 0 Å². The highest BCUT2D eigenvalue weighted by molar-refractivity contribution is 5.93. The molecule has 15 heteroatoms. The van der Waals surface area contributed by atoms with Crippen molar-refractivity contribution in [3.63, 3.8) is 0 Å². The first-order valence-corrected chi connectivity index (χ1v) is 13.4.